The van der Waals surface area contributed by atoms with Crippen LogP contribution >= 0.6 is 0 Å². The van der Waals surface area contributed by atoms with Crippen molar-refractivity contribution in [1.82, 2.24) is 4.90 Å². The third kappa shape index (κ3) is 6.09. The van der Waals surface area contributed by atoms with Gasteiger partial charge in [0.15, 0.2) is 17.6 Å². The number of hydrogen-bond donors (Lipinski definition) is 1. The summed E-state index contributed by atoms with van der Waals surface area (Å²) in [6, 6.07) is 22.1. The summed E-state index contributed by atoms with van der Waals surface area (Å²) in [4.78, 5) is 28.0. The second-order valence-electron chi connectivity index (χ2n) is 10.2. The maximum absolute atomic E-state index is 14.0. The van der Waals surface area contributed by atoms with Crippen molar-refractivity contribution in [2.24, 2.45) is 0 Å². The summed E-state index contributed by atoms with van der Waals surface area (Å²) in [7, 11) is 1.57. The summed E-state index contributed by atoms with van der Waals surface area (Å²) in [5.41, 5.74) is 3.51. The molecule has 7 nitrogen and oxygen atoms in total. The number of aliphatic carboxylic acids is 1. The fourth-order valence-corrected chi connectivity index (χ4v) is 5.58. The molecule has 0 unspecified atom stereocenters. The fourth-order valence-electron chi connectivity index (χ4n) is 5.58. The maximum atomic E-state index is 14.0. The third-order valence-electron chi connectivity index (χ3n) is 7.66. The van der Waals surface area contributed by atoms with Crippen molar-refractivity contribution in [2.75, 3.05) is 13.7 Å². The smallest absolute Gasteiger partial charge is 0.326 e. The first-order valence-electron chi connectivity index (χ1n) is 13.6. The van der Waals surface area contributed by atoms with E-state index in [9.17, 15) is 14.7 Å². The normalized spacial score (nSPS) is 17.9. The van der Waals surface area contributed by atoms with Gasteiger partial charge >= 0.3 is 5.97 Å². The molecule has 5 rings (SSSR count). The summed E-state index contributed by atoms with van der Waals surface area (Å²) in [5.74, 6) is -0.281. The van der Waals surface area contributed by atoms with Crippen LogP contribution in [0.4, 0.5) is 0 Å². The second kappa shape index (κ2) is 12.3. The number of benzene rings is 3. The average molecular weight is 530 g/mol. The minimum absolute atomic E-state index is 0.00612. The molecule has 3 aromatic rings. The highest BCUT2D eigenvalue weighted by Gasteiger charge is 2.40. The number of carboxylic acids is 1. The zero-order valence-corrected chi connectivity index (χ0v) is 22.3. The van der Waals surface area contributed by atoms with E-state index in [0.29, 0.717) is 24.5 Å². The van der Waals surface area contributed by atoms with Crippen molar-refractivity contribution < 1.29 is 28.9 Å². The molecule has 0 radical (unpaired) electrons. The van der Waals surface area contributed by atoms with Crippen LogP contribution in [0, 0.1) is 0 Å². The van der Waals surface area contributed by atoms with E-state index in [0.717, 1.165) is 47.9 Å². The number of hydrogen-bond acceptors (Lipinski definition) is 5. The van der Waals surface area contributed by atoms with Gasteiger partial charge in [0.2, 0.25) is 0 Å². The number of rotatable bonds is 10. The lowest BCUT2D eigenvalue weighted by atomic mass is 9.91. The number of ether oxygens (including phenoxy) is 3. The monoisotopic (exact) mass is 529 g/mol. The molecule has 2 aliphatic rings. The molecular weight excluding hydrogens is 494 g/mol. The van der Waals surface area contributed by atoms with Crippen LogP contribution in [0.1, 0.15) is 54.0 Å². The van der Waals surface area contributed by atoms with Crippen molar-refractivity contribution in [2.45, 2.75) is 63.3 Å². The van der Waals surface area contributed by atoms with Gasteiger partial charge in [-0.1, -0.05) is 79.6 Å². The number of carboxylic acid groups (broad SMARTS) is 1. The van der Waals surface area contributed by atoms with Gasteiger partial charge in [0.05, 0.1) is 19.8 Å². The van der Waals surface area contributed by atoms with Gasteiger partial charge < -0.3 is 24.2 Å². The predicted molar refractivity (Wildman–Crippen MR) is 147 cm³/mol. The van der Waals surface area contributed by atoms with E-state index >= 15 is 0 Å². The first kappa shape index (κ1) is 26.8. The molecule has 1 aliphatic carbocycles. The van der Waals surface area contributed by atoms with E-state index in [1.807, 2.05) is 72.8 Å². The van der Waals surface area contributed by atoms with Gasteiger partial charge in [0.1, 0.15) is 6.04 Å². The van der Waals surface area contributed by atoms with Gasteiger partial charge in [-0.15, -0.1) is 0 Å². The quantitative estimate of drug-likeness (QED) is 0.381. The van der Waals surface area contributed by atoms with Crippen LogP contribution in [0.2, 0.25) is 0 Å². The fraction of sp³-hybridized carbons (Fsp3) is 0.375. The van der Waals surface area contributed by atoms with Crippen LogP contribution < -0.4 is 9.47 Å². The molecule has 0 aromatic heterocycles. The van der Waals surface area contributed by atoms with E-state index in [1.165, 1.54) is 4.90 Å². The number of amides is 1. The molecule has 1 aliphatic heterocycles. The Kier molecular flexibility index (Phi) is 8.47. The molecule has 0 bridgehead atoms. The largest absolute Gasteiger partial charge is 0.493 e. The summed E-state index contributed by atoms with van der Waals surface area (Å²) in [6.45, 7) is 0.573. The molecule has 2 atom stereocenters. The Labute approximate surface area is 229 Å². The van der Waals surface area contributed by atoms with Gasteiger partial charge in [-0.05, 0) is 35.6 Å². The Balaban J connectivity index is 1.42. The zero-order valence-electron chi connectivity index (χ0n) is 22.3. The van der Waals surface area contributed by atoms with E-state index in [1.54, 1.807) is 7.11 Å². The van der Waals surface area contributed by atoms with Gasteiger partial charge in [0.25, 0.3) is 5.91 Å². The number of fused-ring (bicyclic) bond motifs is 1. The van der Waals surface area contributed by atoms with E-state index in [-0.39, 0.29) is 25.0 Å². The minimum Gasteiger partial charge on any atom is -0.493 e. The van der Waals surface area contributed by atoms with Crippen LogP contribution in [-0.2, 0) is 33.7 Å². The summed E-state index contributed by atoms with van der Waals surface area (Å²) in [5, 5.41) is 10.3. The van der Waals surface area contributed by atoms with Crippen molar-refractivity contribution in [3.05, 3.63) is 95.1 Å². The molecule has 39 heavy (non-hydrogen) atoms. The Morgan fingerprint density at radius 3 is 2.33 bits per heavy atom. The van der Waals surface area contributed by atoms with Crippen molar-refractivity contribution in [3.63, 3.8) is 0 Å². The maximum Gasteiger partial charge on any atom is 0.326 e. The first-order chi connectivity index (χ1) is 19.0. The van der Waals surface area contributed by atoms with Gasteiger partial charge in [-0.3, -0.25) is 4.79 Å². The number of nitrogens with zero attached hydrogens (tertiary/aromatic N) is 1. The molecule has 1 fully saturated rings. The number of carbonyl (C=O) groups is 2. The average Bonchev–Trinajstić information content (AvgIpc) is 3.49. The van der Waals surface area contributed by atoms with Crippen molar-refractivity contribution in [3.8, 4) is 11.5 Å². The van der Waals surface area contributed by atoms with E-state index in [4.69, 9.17) is 14.2 Å². The molecule has 1 heterocycles. The van der Waals surface area contributed by atoms with E-state index < -0.39 is 18.1 Å². The minimum atomic E-state index is -1.06. The van der Waals surface area contributed by atoms with Gasteiger partial charge in [-0.25, -0.2) is 4.79 Å². The zero-order chi connectivity index (χ0) is 27.2. The lowest BCUT2D eigenvalue weighted by Crippen LogP contribution is -2.50. The molecule has 3 aromatic carbocycles. The predicted octanol–water partition coefficient (Wildman–Crippen LogP) is 5.36. The Bertz CT molecular complexity index is 1270. The lowest BCUT2D eigenvalue weighted by molar-refractivity contribution is -0.160. The van der Waals surface area contributed by atoms with E-state index in [2.05, 4.69) is 0 Å². The van der Waals surface area contributed by atoms with Crippen LogP contribution in [0.3, 0.4) is 0 Å². The Morgan fingerprint density at radius 1 is 0.974 bits per heavy atom. The van der Waals surface area contributed by atoms with Crippen LogP contribution in [0.5, 0.6) is 11.5 Å². The van der Waals surface area contributed by atoms with Crippen LogP contribution in [-0.4, -0.2) is 47.7 Å². The molecule has 1 N–H and O–H groups in total. The van der Waals surface area contributed by atoms with Gasteiger partial charge in [-0.2, -0.15) is 0 Å². The molecular formula is C32H35NO6. The van der Waals surface area contributed by atoms with Crippen LogP contribution in [0.15, 0.2) is 72.8 Å². The number of methoxy groups -OCH3 is 1. The molecule has 1 saturated carbocycles. The molecule has 204 valence electrons. The third-order valence-corrected chi connectivity index (χ3v) is 7.66. The SMILES string of the molecule is COc1ccc2c(c1OCCc1ccccc1)C[C@H](C(=O)O)N(C(=O)[C@H](OC1CCCC1)c1ccccc1)C2. The summed E-state index contributed by atoms with van der Waals surface area (Å²) < 4.78 is 18.2. The standard InChI is InChI=1S/C32H35NO6/c1-37-28-17-16-24-21-33(31(34)29(23-12-6-3-7-13-23)39-25-14-8-9-15-25)27(32(35)36)20-26(24)30(28)38-19-18-22-10-4-2-5-11-22/h2-7,10-13,16-17,25,27,29H,8-9,14-15,18-21H2,1H3,(H,35,36)/t27-,29-/m1/s1. The Morgan fingerprint density at radius 2 is 1.67 bits per heavy atom. The summed E-state index contributed by atoms with van der Waals surface area (Å²) >= 11 is 0. The Hall–Kier alpha value is -3.84. The van der Waals surface area contributed by atoms with Crippen molar-refractivity contribution in [1.29, 1.82) is 0 Å². The molecule has 1 amide bonds. The second-order valence-corrected chi connectivity index (χ2v) is 10.2. The van der Waals surface area contributed by atoms with Crippen molar-refractivity contribution >= 4 is 11.9 Å². The molecule has 0 saturated heterocycles. The summed E-state index contributed by atoms with van der Waals surface area (Å²) in [6.07, 6.45) is 3.94. The molecule has 7 heteroatoms. The number of carbonyl (C=O) groups excluding carboxylic acids is 1. The topological polar surface area (TPSA) is 85.3 Å². The highest BCUT2D eigenvalue weighted by molar-refractivity contribution is 5.88. The van der Waals surface area contributed by atoms with Crippen LogP contribution in [0.25, 0.3) is 0 Å². The molecule has 0 spiro atoms. The van der Waals surface area contributed by atoms with Gasteiger partial charge in [0, 0.05) is 24.9 Å². The highest BCUT2D eigenvalue weighted by atomic mass is 16.5. The first-order valence-corrected chi connectivity index (χ1v) is 13.6. The highest BCUT2D eigenvalue weighted by Crippen LogP contribution is 2.40. The lowest BCUT2D eigenvalue weighted by Gasteiger charge is -2.37.